The van der Waals surface area contributed by atoms with Crippen LogP contribution in [-0.4, -0.2) is 10.1 Å². The molecule has 0 spiro atoms. The van der Waals surface area contributed by atoms with Crippen molar-refractivity contribution in [3.05, 3.63) is 23.4 Å². The Morgan fingerprint density at radius 3 is 2.67 bits per heavy atom. The normalized spacial score (nSPS) is 23.5. The molecular weight excluding hydrogens is 188 g/mol. The van der Waals surface area contributed by atoms with Crippen molar-refractivity contribution in [3.63, 3.8) is 0 Å². The van der Waals surface area contributed by atoms with Crippen molar-refractivity contribution in [2.75, 3.05) is 5.73 Å². The number of aliphatic hydroxyl groups is 1. The van der Waals surface area contributed by atoms with Crippen LogP contribution in [0.2, 0.25) is 0 Å². The number of pyridine rings is 1. The van der Waals surface area contributed by atoms with Crippen molar-refractivity contribution in [1.82, 2.24) is 4.98 Å². The summed E-state index contributed by atoms with van der Waals surface area (Å²) >= 11 is 0. The highest BCUT2D eigenvalue weighted by Crippen LogP contribution is 2.46. The second-order valence-corrected chi connectivity index (χ2v) is 4.86. The van der Waals surface area contributed by atoms with E-state index in [1.807, 2.05) is 6.20 Å². The van der Waals surface area contributed by atoms with Gasteiger partial charge in [0.05, 0.1) is 5.60 Å². The number of anilines is 1. The lowest BCUT2D eigenvalue weighted by molar-refractivity contribution is -0.0383. The van der Waals surface area contributed by atoms with Crippen LogP contribution in [0.5, 0.6) is 0 Å². The highest BCUT2D eigenvalue weighted by Gasteiger charge is 2.39. The Morgan fingerprint density at radius 2 is 2.13 bits per heavy atom. The van der Waals surface area contributed by atoms with Crippen LogP contribution in [0, 0.1) is 0 Å². The van der Waals surface area contributed by atoms with Gasteiger partial charge in [-0.3, -0.25) is 0 Å². The zero-order valence-corrected chi connectivity index (χ0v) is 8.74. The zero-order valence-electron chi connectivity index (χ0n) is 8.74. The molecule has 0 atom stereocenters. The smallest absolute Gasteiger partial charge is 0.129 e. The van der Waals surface area contributed by atoms with Gasteiger partial charge in [0.1, 0.15) is 5.82 Å². The molecule has 2 saturated carbocycles. The van der Waals surface area contributed by atoms with Gasteiger partial charge in [-0.05, 0) is 49.7 Å². The van der Waals surface area contributed by atoms with Gasteiger partial charge in [-0.25, -0.2) is 4.98 Å². The molecule has 15 heavy (non-hydrogen) atoms. The number of hydrogen-bond acceptors (Lipinski definition) is 3. The van der Waals surface area contributed by atoms with Crippen molar-refractivity contribution >= 4 is 5.82 Å². The Hall–Kier alpha value is -1.09. The number of hydrogen-bond donors (Lipinski definition) is 2. The Kier molecular flexibility index (Phi) is 1.80. The van der Waals surface area contributed by atoms with E-state index in [9.17, 15) is 5.11 Å². The number of nitrogens with two attached hydrogens (primary N) is 1. The zero-order chi connectivity index (χ0) is 10.5. The molecule has 80 valence electrons. The molecule has 2 fully saturated rings. The van der Waals surface area contributed by atoms with Crippen molar-refractivity contribution in [3.8, 4) is 0 Å². The molecule has 0 saturated heterocycles. The van der Waals surface area contributed by atoms with Crippen LogP contribution in [0.15, 0.2) is 12.3 Å². The summed E-state index contributed by atoms with van der Waals surface area (Å²) in [5, 5.41) is 10.3. The molecule has 0 amide bonds. The fourth-order valence-corrected chi connectivity index (χ4v) is 2.29. The molecule has 0 unspecified atom stereocenters. The maximum absolute atomic E-state index is 10.3. The van der Waals surface area contributed by atoms with Gasteiger partial charge in [0.25, 0.3) is 0 Å². The van der Waals surface area contributed by atoms with Crippen LogP contribution >= 0.6 is 0 Å². The summed E-state index contributed by atoms with van der Waals surface area (Å²) in [5.74, 6) is 1.17. The monoisotopic (exact) mass is 204 g/mol. The van der Waals surface area contributed by atoms with Gasteiger partial charge < -0.3 is 10.8 Å². The third-order valence-corrected chi connectivity index (χ3v) is 3.67. The largest absolute Gasteiger partial charge is 0.385 e. The lowest BCUT2D eigenvalue weighted by atomic mass is 9.75. The van der Waals surface area contributed by atoms with Gasteiger partial charge in [-0.15, -0.1) is 0 Å². The van der Waals surface area contributed by atoms with Gasteiger partial charge in [-0.1, -0.05) is 0 Å². The highest BCUT2D eigenvalue weighted by atomic mass is 16.3. The van der Waals surface area contributed by atoms with Gasteiger partial charge in [0.2, 0.25) is 0 Å². The van der Waals surface area contributed by atoms with E-state index in [0.29, 0.717) is 11.7 Å². The molecule has 0 bridgehead atoms. The van der Waals surface area contributed by atoms with Crippen LogP contribution in [-0.2, 0) is 5.60 Å². The number of nitrogen functional groups attached to an aromatic ring is 1. The predicted molar refractivity (Wildman–Crippen MR) is 58.4 cm³/mol. The number of rotatable bonds is 2. The summed E-state index contributed by atoms with van der Waals surface area (Å²) < 4.78 is 0. The summed E-state index contributed by atoms with van der Waals surface area (Å²) in [6.45, 7) is 0. The van der Waals surface area contributed by atoms with Crippen molar-refractivity contribution in [2.24, 2.45) is 0 Å². The van der Waals surface area contributed by atoms with Crippen molar-refractivity contribution in [2.45, 2.75) is 43.6 Å². The Labute approximate surface area is 89.3 Å². The van der Waals surface area contributed by atoms with E-state index in [-0.39, 0.29) is 0 Å². The number of nitrogens with zero attached hydrogens (tertiary/aromatic N) is 1. The van der Waals surface area contributed by atoms with E-state index < -0.39 is 5.60 Å². The van der Waals surface area contributed by atoms with Crippen LogP contribution < -0.4 is 5.73 Å². The summed E-state index contributed by atoms with van der Waals surface area (Å²) in [7, 11) is 0. The van der Waals surface area contributed by atoms with Gasteiger partial charge in [-0.2, -0.15) is 0 Å². The van der Waals surface area contributed by atoms with Crippen LogP contribution in [0.1, 0.15) is 49.1 Å². The van der Waals surface area contributed by atoms with Gasteiger partial charge in [0, 0.05) is 11.8 Å². The summed E-state index contributed by atoms with van der Waals surface area (Å²) in [6, 6.07) is 2.07. The second-order valence-electron chi connectivity index (χ2n) is 4.86. The SMILES string of the molecule is Nc1ncc(C2CC2)cc1C1(O)CCC1. The first-order valence-electron chi connectivity index (χ1n) is 5.67. The maximum atomic E-state index is 10.3. The highest BCUT2D eigenvalue weighted by molar-refractivity contribution is 5.47. The predicted octanol–water partition coefficient (Wildman–Crippen LogP) is 1.91. The third-order valence-electron chi connectivity index (χ3n) is 3.67. The van der Waals surface area contributed by atoms with Gasteiger partial charge in [0.15, 0.2) is 0 Å². The first kappa shape index (κ1) is 9.16. The molecule has 3 rings (SSSR count). The topological polar surface area (TPSA) is 59.1 Å². The summed E-state index contributed by atoms with van der Waals surface area (Å²) in [6.07, 6.45) is 7.11. The molecule has 1 heterocycles. The molecule has 3 N–H and O–H groups in total. The molecule has 3 heteroatoms. The molecule has 0 aliphatic heterocycles. The second kappa shape index (κ2) is 2.95. The quantitative estimate of drug-likeness (QED) is 0.773. The molecule has 2 aliphatic carbocycles. The minimum absolute atomic E-state index is 0.501. The molecule has 2 aliphatic rings. The molecule has 3 nitrogen and oxygen atoms in total. The summed E-state index contributed by atoms with van der Waals surface area (Å²) in [5.41, 5.74) is 7.26. The fourth-order valence-electron chi connectivity index (χ4n) is 2.29. The lowest BCUT2D eigenvalue weighted by Gasteiger charge is -2.37. The van der Waals surface area contributed by atoms with Crippen molar-refractivity contribution < 1.29 is 5.11 Å². The molecule has 0 aromatic carbocycles. The van der Waals surface area contributed by atoms with E-state index in [1.165, 1.54) is 18.4 Å². The van der Waals surface area contributed by atoms with Crippen LogP contribution in [0.3, 0.4) is 0 Å². The fraction of sp³-hybridized carbons (Fsp3) is 0.583. The standard InChI is InChI=1S/C12H16N2O/c13-11-10(12(15)4-1-5-12)6-9(7-14-11)8-2-3-8/h6-8,15H,1-5H2,(H2,13,14). The Morgan fingerprint density at radius 1 is 1.40 bits per heavy atom. The molecule has 0 radical (unpaired) electrons. The first-order chi connectivity index (χ1) is 7.19. The Bertz CT molecular complexity index is 395. The Balaban J connectivity index is 2.00. The average molecular weight is 204 g/mol. The van der Waals surface area contributed by atoms with E-state index in [0.717, 1.165) is 24.8 Å². The van der Waals surface area contributed by atoms with Crippen LogP contribution in [0.4, 0.5) is 5.82 Å². The summed E-state index contributed by atoms with van der Waals surface area (Å²) in [4.78, 5) is 4.21. The van der Waals surface area contributed by atoms with Gasteiger partial charge >= 0.3 is 0 Å². The molecule has 1 aromatic heterocycles. The number of aromatic nitrogens is 1. The average Bonchev–Trinajstić information content (AvgIpc) is 2.98. The molecular formula is C12H16N2O. The van der Waals surface area contributed by atoms with E-state index >= 15 is 0 Å². The van der Waals surface area contributed by atoms with E-state index in [4.69, 9.17) is 5.73 Å². The maximum Gasteiger partial charge on any atom is 0.129 e. The van der Waals surface area contributed by atoms with E-state index in [1.54, 1.807) is 0 Å². The lowest BCUT2D eigenvalue weighted by Crippen LogP contribution is -2.34. The van der Waals surface area contributed by atoms with E-state index in [2.05, 4.69) is 11.1 Å². The van der Waals surface area contributed by atoms with Crippen LogP contribution in [0.25, 0.3) is 0 Å². The minimum atomic E-state index is -0.679. The third kappa shape index (κ3) is 1.42. The van der Waals surface area contributed by atoms with Crippen molar-refractivity contribution in [1.29, 1.82) is 0 Å². The first-order valence-corrected chi connectivity index (χ1v) is 5.67. The minimum Gasteiger partial charge on any atom is -0.385 e. The molecule has 1 aromatic rings.